The van der Waals surface area contributed by atoms with E-state index in [0.29, 0.717) is 21.5 Å². The number of rotatable bonds is 4. The maximum absolute atomic E-state index is 10.8. The largest absolute Gasteiger partial charge is 0.486 e. The molecule has 6 heteroatoms. The lowest BCUT2D eigenvalue weighted by molar-refractivity contribution is 0.0690. The summed E-state index contributed by atoms with van der Waals surface area (Å²) in [5.41, 5.74) is 0.467. The molecule has 0 aliphatic heterocycles. The van der Waals surface area contributed by atoms with Crippen molar-refractivity contribution >= 4 is 29.2 Å². The molecule has 1 heterocycles. The molecule has 4 nitrogen and oxygen atoms in total. The van der Waals surface area contributed by atoms with Gasteiger partial charge in [0.1, 0.15) is 23.1 Å². The summed E-state index contributed by atoms with van der Waals surface area (Å²) in [4.78, 5) is 14.7. The Morgan fingerprint density at radius 2 is 1.95 bits per heavy atom. The third kappa shape index (κ3) is 3.36. The van der Waals surface area contributed by atoms with Crippen LogP contribution in [0.2, 0.25) is 10.0 Å². The minimum absolute atomic E-state index is 0.0294. The first-order valence-electron chi connectivity index (χ1n) is 5.34. The molecule has 0 saturated carbocycles. The number of pyridine rings is 1. The van der Waals surface area contributed by atoms with E-state index < -0.39 is 5.97 Å². The molecule has 0 atom stereocenters. The molecule has 0 fully saturated rings. The topological polar surface area (TPSA) is 59.4 Å². The van der Waals surface area contributed by atoms with Gasteiger partial charge in [-0.05, 0) is 24.3 Å². The molecular formula is C13H9Cl2NO3. The first kappa shape index (κ1) is 13.6. The van der Waals surface area contributed by atoms with Gasteiger partial charge in [-0.2, -0.15) is 0 Å². The van der Waals surface area contributed by atoms with Crippen LogP contribution in [-0.2, 0) is 6.61 Å². The van der Waals surface area contributed by atoms with E-state index in [-0.39, 0.29) is 12.3 Å². The second-order valence-corrected chi connectivity index (χ2v) is 4.45. The lowest BCUT2D eigenvalue weighted by Crippen LogP contribution is -2.05. The van der Waals surface area contributed by atoms with Gasteiger partial charge >= 0.3 is 5.97 Å². The van der Waals surface area contributed by atoms with E-state index in [1.807, 2.05) is 0 Å². The van der Waals surface area contributed by atoms with Crippen LogP contribution in [0.3, 0.4) is 0 Å². The summed E-state index contributed by atoms with van der Waals surface area (Å²) in [5.74, 6) is -0.653. The molecule has 2 aromatic rings. The van der Waals surface area contributed by atoms with Gasteiger partial charge in [-0.25, -0.2) is 9.78 Å². The number of benzene rings is 1. The molecule has 1 aromatic carbocycles. The van der Waals surface area contributed by atoms with Gasteiger partial charge in [0, 0.05) is 0 Å². The summed E-state index contributed by atoms with van der Waals surface area (Å²) in [6.45, 7) is 0.112. The average Bonchev–Trinajstić information content (AvgIpc) is 2.41. The molecule has 0 aliphatic rings. The van der Waals surface area contributed by atoms with Crippen LogP contribution in [0.15, 0.2) is 36.4 Å². The summed E-state index contributed by atoms with van der Waals surface area (Å²) >= 11 is 11.8. The third-order valence-electron chi connectivity index (χ3n) is 2.32. The summed E-state index contributed by atoms with van der Waals surface area (Å²) in [7, 11) is 0. The normalized spacial score (nSPS) is 10.2. The van der Waals surface area contributed by atoms with Crippen LogP contribution in [0.5, 0.6) is 5.75 Å². The van der Waals surface area contributed by atoms with Crippen molar-refractivity contribution in [2.45, 2.75) is 6.61 Å². The SMILES string of the molecule is O=C(O)c1cccc(COc2cccc(Cl)c2Cl)n1. The van der Waals surface area contributed by atoms with Crippen molar-refractivity contribution in [2.24, 2.45) is 0 Å². The average molecular weight is 298 g/mol. The fourth-order valence-electron chi connectivity index (χ4n) is 1.43. The van der Waals surface area contributed by atoms with Gasteiger partial charge in [-0.15, -0.1) is 0 Å². The number of aromatic nitrogens is 1. The lowest BCUT2D eigenvalue weighted by Gasteiger charge is -2.08. The summed E-state index contributed by atoms with van der Waals surface area (Å²) < 4.78 is 5.47. The highest BCUT2D eigenvalue weighted by molar-refractivity contribution is 6.42. The van der Waals surface area contributed by atoms with Crippen molar-refractivity contribution in [3.05, 3.63) is 57.8 Å². The van der Waals surface area contributed by atoms with E-state index >= 15 is 0 Å². The first-order valence-corrected chi connectivity index (χ1v) is 6.09. The zero-order chi connectivity index (χ0) is 13.8. The minimum Gasteiger partial charge on any atom is -0.486 e. The molecule has 1 N–H and O–H groups in total. The Labute approximate surface area is 119 Å². The van der Waals surface area contributed by atoms with Gasteiger partial charge < -0.3 is 9.84 Å². The van der Waals surface area contributed by atoms with Crippen LogP contribution in [0.4, 0.5) is 0 Å². The number of carboxylic acid groups (broad SMARTS) is 1. The van der Waals surface area contributed by atoms with Gasteiger partial charge in [-0.1, -0.05) is 35.3 Å². The number of aromatic carboxylic acids is 1. The van der Waals surface area contributed by atoms with Crippen molar-refractivity contribution in [3.63, 3.8) is 0 Å². The fraction of sp³-hybridized carbons (Fsp3) is 0.0769. The number of hydrogen-bond acceptors (Lipinski definition) is 3. The van der Waals surface area contributed by atoms with Gasteiger partial charge in [-0.3, -0.25) is 0 Å². The van der Waals surface area contributed by atoms with Crippen molar-refractivity contribution < 1.29 is 14.6 Å². The number of hydrogen-bond donors (Lipinski definition) is 1. The number of carboxylic acids is 1. The van der Waals surface area contributed by atoms with Crippen LogP contribution < -0.4 is 4.74 Å². The maximum Gasteiger partial charge on any atom is 0.354 e. The van der Waals surface area contributed by atoms with E-state index in [0.717, 1.165) is 0 Å². The Morgan fingerprint density at radius 3 is 2.68 bits per heavy atom. The van der Waals surface area contributed by atoms with E-state index in [2.05, 4.69) is 4.98 Å². The van der Waals surface area contributed by atoms with Gasteiger partial charge in [0.05, 0.1) is 10.7 Å². The molecule has 0 aliphatic carbocycles. The van der Waals surface area contributed by atoms with E-state index in [1.165, 1.54) is 6.07 Å². The molecular weight excluding hydrogens is 289 g/mol. The Balaban J connectivity index is 2.12. The Hall–Kier alpha value is -1.78. The van der Waals surface area contributed by atoms with Crippen LogP contribution in [0, 0.1) is 0 Å². The van der Waals surface area contributed by atoms with Gasteiger partial charge in [0.2, 0.25) is 0 Å². The molecule has 0 saturated heterocycles. The zero-order valence-electron chi connectivity index (χ0n) is 9.64. The van der Waals surface area contributed by atoms with Crippen LogP contribution >= 0.6 is 23.2 Å². The molecule has 0 bridgehead atoms. The predicted octanol–water partition coefficient (Wildman–Crippen LogP) is 3.67. The Kier molecular flexibility index (Phi) is 4.24. The summed E-state index contributed by atoms with van der Waals surface area (Å²) in [6, 6.07) is 9.73. The highest BCUT2D eigenvalue weighted by Gasteiger charge is 2.08. The van der Waals surface area contributed by atoms with Crippen molar-refractivity contribution in [1.29, 1.82) is 0 Å². The number of nitrogens with zero attached hydrogens (tertiary/aromatic N) is 1. The third-order valence-corrected chi connectivity index (χ3v) is 3.12. The standard InChI is InChI=1S/C13H9Cl2NO3/c14-9-4-2-6-11(12(9)15)19-7-8-3-1-5-10(16-8)13(17)18/h1-6H,7H2,(H,17,18). The first-order chi connectivity index (χ1) is 9.08. The van der Waals surface area contributed by atoms with Crippen LogP contribution in [-0.4, -0.2) is 16.1 Å². The monoisotopic (exact) mass is 297 g/mol. The fourth-order valence-corrected chi connectivity index (χ4v) is 1.77. The molecule has 0 radical (unpaired) electrons. The molecule has 1 aromatic heterocycles. The summed E-state index contributed by atoms with van der Waals surface area (Å²) in [5, 5.41) is 9.55. The maximum atomic E-state index is 10.8. The van der Waals surface area contributed by atoms with Crippen molar-refractivity contribution in [1.82, 2.24) is 4.98 Å². The molecule has 0 spiro atoms. The highest BCUT2D eigenvalue weighted by Crippen LogP contribution is 2.31. The minimum atomic E-state index is -1.08. The van der Waals surface area contributed by atoms with Crippen LogP contribution in [0.1, 0.15) is 16.2 Å². The lowest BCUT2D eigenvalue weighted by atomic mass is 10.3. The second-order valence-electron chi connectivity index (χ2n) is 3.66. The zero-order valence-corrected chi connectivity index (χ0v) is 11.1. The van der Waals surface area contributed by atoms with E-state index in [9.17, 15) is 4.79 Å². The van der Waals surface area contributed by atoms with Gasteiger partial charge in [0.15, 0.2) is 0 Å². The Bertz CT molecular complexity index is 617. The quantitative estimate of drug-likeness (QED) is 0.935. The van der Waals surface area contributed by atoms with Crippen molar-refractivity contribution in [2.75, 3.05) is 0 Å². The second kappa shape index (κ2) is 5.91. The van der Waals surface area contributed by atoms with Gasteiger partial charge in [0.25, 0.3) is 0 Å². The van der Waals surface area contributed by atoms with E-state index in [4.69, 9.17) is 33.0 Å². The smallest absolute Gasteiger partial charge is 0.354 e. The highest BCUT2D eigenvalue weighted by atomic mass is 35.5. The number of halogens is 2. The molecule has 0 unspecified atom stereocenters. The van der Waals surface area contributed by atoms with Crippen LogP contribution in [0.25, 0.3) is 0 Å². The number of carbonyl (C=O) groups is 1. The molecule has 98 valence electrons. The Morgan fingerprint density at radius 1 is 1.21 bits per heavy atom. The predicted molar refractivity (Wildman–Crippen MR) is 72.0 cm³/mol. The molecule has 0 amide bonds. The number of ether oxygens (including phenoxy) is 1. The van der Waals surface area contributed by atoms with E-state index in [1.54, 1.807) is 30.3 Å². The molecule has 19 heavy (non-hydrogen) atoms. The molecule has 2 rings (SSSR count). The summed E-state index contributed by atoms with van der Waals surface area (Å²) in [6.07, 6.45) is 0. The van der Waals surface area contributed by atoms with Crippen molar-refractivity contribution in [3.8, 4) is 5.75 Å².